The predicted molar refractivity (Wildman–Crippen MR) is 117 cm³/mol. The summed E-state index contributed by atoms with van der Waals surface area (Å²) in [5.74, 6) is -1.76. The molecule has 0 radical (unpaired) electrons. The Kier molecular flexibility index (Phi) is 7.24. The largest absolute Gasteiger partial charge is 0.490 e. The number of nitrogens with zero attached hydrogens (tertiary/aromatic N) is 5. The Morgan fingerprint density at radius 2 is 1.74 bits per heavy atom. The van der Waals surface area contributed by atoms with Gasteiger partial charge in [0, 0.05) is 38.5 Å². The van der Waals surface area contributed by atoms with Gasteiger partial charge in [-0.05, 0) is 12.8 Å². The Morgan fingerprint density at radius 1 is 1.09 bits per heavy atom. The van der Waals surface area contributed by atoms with E-state index in [1.165, 1.54) is 12.4 Å². The van der Waals surface area contributed by atoms with Gasteiger partial charge in [0.25, 0.3) is 5.56 Å². The van der Waals surface area contributed by atoms with Gasteiger partial charge in [-0.15, -0.1) is 0 Å². The van der Waals surface area contributed by atoms with Gasteiger partial charge in [0.2, 0.25) is 11.9 Å². The van der Waals surface area contributed by atoms with Crippen LogP contribution < -0.4 is 15.2 Å². The summed E-state index contributed by atoms with van der Waals surface area (Å²) in [6.45, 7) is 1.65. The zero-order valence-electron chi connectivity index (χ0n) is 18.4. The molecule has 2 fully saturated rings. The van der Waals surface area contributed by atoms with Crippen molar-refractivity contribution in [2.45, 2.75) is 25.4 Å². The second kappa shape index (κ2) is 10.2. The van der Waals surface area contributed by atoms with Gasteiger partial charge in [0.15, 0.2) is 11.3 Å². The third-order valence-electron chi connectivity index (χ3n) is 6.16. The van der Waals surface area contributed by atoms with Crippen molar-refractivity contribution in [1.29, 1.82) is 0 Å². The summed E-state index contributed by atoms with van der Waals surface area (Å²) in [6.07, 6.45) is -0.294. The van der Waals surface area contributed by atoms with Crippen molar-refractivity contribution in [2.75, 3.05) is 37.7 Å². The molecule has 2 aliphatic rings. The smallest absolute Gasteiger partial charge is 0.425 e. The highest BCUT2D eigenvalue weighted by molar-refractivity contribution is 6.30. The van der Waals surface area contributed by atoms with E-state index in [1.54, 1.807) is 10.00 Å². The van der Waals surface area contributed by atoms with Gasteiger partial charge in [0.1, 0.15) is 5.78 Å². The first-order valence-electron chi connectivity index (χ1n) is 10.9. The summed E-state index contributed by atoms with van der Waals surface area (Å²) in [7, 11) is 0. The molecule has 0 bridgehead atoms. The van der Waals surface area contributed by atoms with E-state index < -0.39 is 34.9 Å². The fraction of sp³-hybridized carbons (Fsp3) is 0.524. The number of amides is 1. The molecule has 1 aliphatic carbocycles. The zero-order valence-corrected chi connectivity index (χ0v) is 19.2. The number of hydrogen-bond acceptors (Lipinski definition) is 8. The van der Waals surface area contributed by atoms with E-state index in [1.807, 2.05) is 4.90 Å². The molecule has 14 heteroatoms. The zero-order chi connectivity index (χ0) is 25.2. The molecule has 1 aliphatic heterocycles. The molecule has 2 aromatic rings. The lowest BCUT2D eigenvalue weighted by Gasteiger charge is -2.35. The quantitative estimate of drug-likeness (QED) is 0.621. The van der Waals surface area contributed by atoms with Crippen LogP contribution in [0.1, 0.15) is 24.8 Å². The fourth-order valence-corrected chi connectivity index (χ4v) is 4.40. The Labute approximate surface area is 202 Å². The molecule has 1 amide bonds. The summed E-state index contributed by atoms with van der Waals surface area (Å²) < 4.78 is 44.6. The Morgan fingerprint density at radius 3 is 2.40 bits per heavy atom. The number of halogens is 4. The molecule has 0 aromatic carbocycles. The number of carbonyl (C=O) groups excluding carboxylic acids is 2. The SMILES string of the molecule is O=C1[C@@H](COc2cn[nH]c(=O)c2C(F)(F)F)CC[C@H]1CC(=O)N1CCN(c2ncc(Cl)cn2)CC1. The molecule has 4 rings (SSSR count). The van der Waals surface area contributed by atoms with Gasteiger partial charge in [-0.1, -0.05) is 11.6 Å². The number of Topliss-reactive ketones (excluding diaryl/α,β-unsaturated/α-hetero) is 1. The average Bonchev–Trinajstić information content (AvgIpc) is 3.16. The summed E-state index contributed by atoms with van der Waals surface area (Å²) in [6, 6.07) is 0. The number of carbonyl (C=O) groups is 2. The van der Waals surface area contributed by atoms with Gasteiger partial charge in [-0.25, -0.2) is 15.1 Å². The lowest BCUT2D eigenvalue weighted by molar-refractivity contribution is -0.140. The Bertz CT molecular complexity index is 1140. The normalized spacial score (nSPS) is 20.9. The molecule has 0 unspecified atom stereocenters. The van der Waals surface area contributed by atoms with Crippen molar-refractivity contribution in [3.05, 3.63) is 39.5 Å². The Balaban J connectivity index is 1.28. The highest BCUT2D eigenvalue weighted by Crippen LogP contribution is 2.35. The number of nitrogens with one attached hydrogen (secondary N) is 1. The van der Waals surface area contributed by atoms with Crippen LogP contribution in [0.4, 0.5) is 19.1 Å². The van der Waals surface area contributed by atoms with E-state index in [9.17, 15) is 27.6 Å². The lowest BCUT2D eigenvalue weighted by atomic mass is 9.99. The third kappa shape index (κ3) is 5.72. The van der Waals surface area contributed by atoms with Crippen LogP contribution in [0, 0.1) is 11.8 Å². The molecule has 35 heavy (non-hydrogen) atoms. The predicted octanol–water partition coefficient (Wildman–Crippen LogP) is 1.95. The maximum atomic E-state index is 13.2. The molecule has 3 heterocycles. The van der Waals surface area contributed by atoms with Crippen molar-refractivity contribution in [3.63, 3.8) is 0 Å². The number of aromatic amines is 1. The number of alkyl halides is 3. The minimum atomic E-state index is -4.93. The first kappa shape index (κ1) is 24.9. The van der Waals surface area contributed by atoms with Crippen molar-refractivity contribution in [2.24, 2.45) is 11.8 Å². The van der Waals surface area contributed by atoms with Crippen molar-refractivity contribution < 1.29 is 27.5 Å². The first-order valence-corrected chi connectivity index (χ1v) is 11.3. The van der Waals surface area contributed by atoms with Gasteiger partial charge in [-0.2, -0.15) is 18.3 Å². The van der Waals surface area contributed by atoms with Crippen LogP contribution in [0.3, 0.4) is 0 Å². The second-order valence-corrected chi connectivity index (χ2v) is 8.83. The van der Waals surface area contributed by atoms with Gasteiger partial charge >= 0.3 is 6.18 Å². The maximum Gasteiger partial charge on any atom is 0.425 e. The van der Waals surface area contributed by atoms with Crippen LogP contribution in [0.25, 0.3) is 0 Å². The number of ketones is 1. The molecule has 1 N–H and O–H groups in total. The lowest BCUT2D eigenvalue weighted by Crippen LogP contribution is -2.49. The molecule has 10 nitrogen and oxygen atoms in total. The van der Waals surface area contributed by atoms with E-state index in [2.05, 4.69) is 15.1 Å². The topological polar surface area (TPSA) is 121 Å². The van der Waals surface area contributed by atoms with Crippen LogP contribution in [0.15, 0.2) is 23.4 Å². The van der Waals surface area contributed by atoms with Gasteiger partial charge < -0.3 is 14.5 Å². The van der Waals surface area contributed by atoms with Crippen LogP contribution in [0.5, 0.6) is 5.75 Å². The third-order valence-corrected chi connectivity index (χ3v) is 6.35. The van der Waals surface area contributed by atoms with Crippen molar-refractivity contribution in [3.8, 4) is 5.75 Å². The highest BCUT2D eigenvalue weighted by atomic mass is 35.5. The molecule has 2 aromatic heterocycles. The van der Waals surface area contributed by atoms with Gasteiger partial charge in [0.05, 0.1) is 36.1 Å². The van der Waals surface area contributed by atoms with Crippen LogP contribution in [0.2, 0.25) is 5.02 Å². The molecule has 1 saturated heterocycles. The summed E-state index contributed by atoms with van der Waals surface area (Å²) in [5, 5.41) is 5.50. The average molecular weight is 515 g/mol. The van der Waals surface area contributed by atoms with E-state index in [-0.39, 0.29) is 24.7 Å². The highest BCUT2D eigenvalue weighted by Gasteiger charge is 2.40. The summed E-state index contributed by atoms with van der Waals surface area (Å²) in [5.41, 5.74) is -2.91. The van der Waals surface area contributed by atoms with Crippen molar-refractivity contribution in [1.82, 2.24) is 25.1 Å². The van der Waals surface area contributed by atoms with E-state index in [0.29, 0.717) is 50.0 Å². The monoisotopic (exact) mass is 514 g/mol. The molecular weight excluding hydrogens is 493 g/mol. The summed E-state index contributed by atoms with van der Waals surface area (Å²) in [4.78, 5) is 49.0. The van der Waals surface area contributed by atoms with E-state index in [0.717, 1.165) is 6.20 Å². The minimum Gasteiger partial charge on any atom is -0.490 e. The van der Waals surface area contributed by atoms with Crippen LogP contribution >= 0.6 is 11.6 Å². The van der Waals surface area contributed by atoms with Crippen LogP contribution in [-0.4, -0.2) is 69.5 Å². The maximum absolute atomic E-state index is 13.2. The minimum absolute atomic E-state index is 0.0349. The molecule has 2 atom stereocenters. The van der Waals surface area contributed by atoms with E-state index >= 15 is 0 Å². The molecule has 1 saturated carbocycles. The fourth-order valence-electron chi connectivity index (χ4n) is 4.30. The Hall–Kier alpha value is -3.22. The van der Waals surface area contributed by atoms with Crippen molar-refractivity contribution >= 4 is 29.2 Å². The number of piperazine rings is 1. The summed E-state index contributed by atoms with van der Waals surface area (Å²) >= 11 is 5.81. The number of anilines is 1. The molecule has 188 valence electrons. The number of aromatic nitrogens is 4. The number of H-pyrrole nitrogens is 1. The molecule has 0 spiro atoms. The van der Waals surface area contributed by atoms with Gasteiger partial charge in [-0.3, -0.25) is 14.4 Å². The molecular formula is C21H22ClF3N6O4. The number of ether oxygens (including phenoxy) is 1. The number of hydrogen-bond donors (Lipinski definition) is 1. The van der Waals surface area contributed by atoms with E-state index in [4.69, 9.17) is 16.3 Å². The first-order chi connectivity index (χ1) is 16.6. The number of rotatable bonds is 6. The van der Waals surface area contributed by atoms with Crippen LogP contribution in [-0.2, 0) is 15.8 Å². The second-order valence-electron chi connectivity index (χ2n) is 8.39. The standard InChI is InChI=1S/C21H22ClF3N6O4/c22-14-8-26-20(27-9-14)31-5-3-30(4-6-31)16(32)7-12-1-2-13(18(12)33)11-35-15-10-28-29-19(34)17(15)21(23,24)25/h8-10,12-13H,1-7,11H2,(H,29,34)/t12-,13+/m0/s1.